The van der Waals surface area contributed by atoms with Gasteiger partial charge in [-0.3, -0.25) is 0 Å². The first-order chi connectivity index (χ1) is 13.5. The minimum absolute atomic E-state index is 0.203. The lowest BCUT2D eigenvalue weighted by Crippen LogP contribution is -2.32. The first-order valence-electron chi connectivity index (χ1n) is 9.42. The molecule has 7 nitrogen and oxygen atoms in total. The van der Waals surface area contributed by atoms with Crippen LogP contribution in [0.1, 0.15) is 34.9 Å². The topological polar surface area (TPSA) is 111 Å². The Morgan fingerprint density at radius 3 is 2.75 bits per heavy atom. The van der Waals surface area contributed by atoms with Crippen molar-refractivity contribution < 1.29 is 20.1 Å². The highest BCUT2D eigenvalue weighted by molar-refractivity contribution is 5.77. The van der Waals surface area contributed by atoms with Crippen molar-refractivity contribution in [3.63, 3.8) is 0 Å². The van der Waals surface area contributed by atoms with E-state index in [0.717, 1.165) is 28.7 Å². The van der Waals surface area contributed by atoms with Crippen molar-refractivity contribution in [3.8, 4) is 0 Å². The molecule has 0 saturated heterocycles. The highest BCUT2D eigenvalue weighted by Crippen LogP contribution is 2.31. The first kappa shape index (κ1) is 20.4. The number of aromatic amines is 1. The van der Waals surface area contributed by atoms with Crippen LogP contribution in [0.15, 0.2) is 36.8 Å². The van der Waals surface area contributed by atoms with Gasteiger partial charge in [-0.2, -0.15) is 0 Å². The minimum atomic E-state index is -1.11. The fourth-order valence-electron chi connectivity index (χ4n) is 3.36. The molecule has 1 aliphatic heterocycles. The Morgan fingerprint density at radius 2 is 2.00 bits per heavy atom. The summed E-state index contributed by atoms with van der Waals surface area (Å²) in [4.78, 5) is 11.1. The van der Waals surface area contributed by atoms with Crippen LogP contribution in [-0.2, 0) is 11.2 Å². The van der Waals surface area contributed by atoms with E-state index >= 15 is 0 Å². The fourth-order valence-corrected chi connectivity index (χ4v) is 3.36. The number of rotatable bonds is 4. The van der Waals surface area contributed by atoms with Gasteiger partial charge in [0.1, 0.15) is 18.1 Å². The average molecular weight is 385 g/mol. The number of aliphatic hydroxyl groups is 3. The van der Waals surface area contributed by atoms with Gasteiger partial charge in [-0.05, 0) is 37.5 Å². The predicted octanol–water partition coefficient (Wildman–Crippen LogP) is 1.98. The average Bonchev–Trinajstić information content (AvgIpc) is 3.18. The summed E-state index contributed by atoms with van der Waals surface area (Å²) in [6.07, 6.45) is 2.34. The number of benzene rings is 1. The van der Waals surface area contributed by atoms with Crippen LogP contribution in [0.5, 0.6) is 0 Å². The van der Waals surface area contributed by atoms with Gasteiger partial charge in [0.05, 0.1) is 31.1 Å². The summed E-state index contributed by atoms with van der Waals surface area (Å²) in [7, 11) is 0. The summed E-state index contributed by atoms with van der Waals surface area (Å²) in [5.41, 5.74) is 5.47. The van der Waals surface area contributed by atoms with Gasteiger partial charge in [-0.1, -0.05) is 23.8 Å². The van der Waals surface area contributed by atoms with Crippen LogP contribution in [0.4, 0.5) is 0 Å². The van der Waals surface area contributed by atoms with E-state index in [1.165, 1.54) is 11.1 Å². The molecule has 3 aromatic rings. The van der Waals surface area contributed by atoms with Gasteiger partial charge in [0.15, 0.2) is 0 Å². The molecule has 7 heteroatoms. The van der Waals surface area contributed by atoms with Gasteiger partial charge in [0, 0.05) is 18.0 Å². The summed E-state index contributed by atoms with van der Waals surface area (Å²) in [5, 5.41) is 29.1. The summed E-state index contributed by atoms with van der Waals surface area (Å²) in [6.45, 7) is 4.21. The van der Waals surface area contributed by atoms with Crippen molar-refractivity contribution >= 4 is 11.0 Å². The monoisotopic (exact) mass is 385 g/mol. The lowest BCUT2D eigenvalue weighted by Gasteiger charge is -2.29. The standard InChI is InChI=1S/C14H20O4.C7H7N3/c1-9-2-3-11-10(6-9)4-5-18-14(11)7-12(16)13(17)8-15;1-5-6-2-3-8-7(6)10-4-9-5/h2-3,6,12-17H,4-5,7-8H2,1H3;2-4H,1H3,(H,8,9,10). The Bertz CT molecular complexity index is 912. The molecule has 150 valence electrons. The highest BCUT2D eigenvalue weighted by atomic mass is 16.5. The molecular formula is C21H27N3O4. The van der Waals surface area contributed by atoms with Crippen molar-refractivity contribution in [2.75, 3.05) is 13.2 Å². The molecule has 1 aromatic carbocycles. The summed E-state index contributed by atoms with van der Waals surface area (Å²) in [6, 6.07) is 8.16. The van der Waals surface area contributed by atoms with E-state index in [-0.39, 0.29) is 6.10 Å². The van der Waals surface area contributed by atoms with Crippen LogP contribution in [0.25, 0.3) is 11.0 Å². The zero-order valence-corrected chi connectivity index (χ0v) is 16.2. The zero-order chi connectivity index (χ0) is 20.1. The molecule has 4 rings (SSSR count). The maximum absolute atomic E-state index is 9.76. The molecule has 3 heterocycles. The number of aryl methyl sites for hydroxylation is 2. The zero-order valence-electron chi connectivity index (χ0n) is 16.2. The van der Waals surface area contributed by atoms with Crippen molar-refractivity contribution in [2.45, 2.75) is 45.0 Å². The molecule has 0 bridgehead atoms. The molecule has 0 saturated carbocycles. The molecule has 0 spiro atoms. The van der Waals surface area contributed by atoms with Crippen LogP contribution in [0, 0.1) is 13.8 Å². The second-order valence-electron chi connectivity index (χ2n) is 7.06. The van der Waals surface area contributed by atoms with Crippen LogP contribution < -0.4 is 0 Å². The third kappa shape index (κ3) is 4.74. The van der Waals surface area contributed by atoms with Crippen LogP contribution >= 0.6 is 0 Å². The van der Waals surface area contributed by atoms with Gasteiger partial charge in [-0.15, -0.1) is 0 Å². The molecule has 0 amide bonds. The van der Waals surface area contributed by atoms with E-state index in [1.54, 1.807) is 6.33 Å². The number of hydrogen-bond donors (Lipinski definition) is 4. The summed E-state index contributed by atoms with van der Waals surface area (Å²) >= 11 is 0. The van der Waals surface area contributed by atoms with E-state index in [9.17, 15) is 10.2 Å². The van der Waals surface area contributed by atoms with E-state index in [4.69, 9.17) is 9.84 Å². The molecule has 28 heavy (non-hydrogen) atoms. The molecule has 2 aromatic heterocycles. The number of ether oxygens (including phenoxy) is 1. The Labute approximate surface area is 164 Å². The van der Waals surface area contributed by atoms with E-state index in [0.29, 0.717) is 13.0 Å². The molecule has 0 radical (unpaired) electrons. The smallest absolute Gasteiger partial charge is 0.140 e. The highest BCUT2D eigenvalue weighted by Gasteiger charge is 2.26. The molecule has 3 unspecified atom stereocenters. The summed E-state index contributed by atoms with van der Waals surface area (Å²) in [5.74, 6) is 0. The number of aromatic nitrogens is 3. The lowest BCUT2D eigenvalue weighted by molar-refractivity contribution is -0.0552. The Balaban J connectivity index is 0.000000188. The molecule has 4 N–H and O–H groups in total. The number of nitrogens with zero attached hydrogens (tertiary/aromatic N) is 2. The number of nitrogens with one attached hydrogen (secondary N) is 1. The largest absolute Gasteiger partial charge is 0.394 e. The van der Waals surface area contributed by atoms with Crippen molar-refractivity contribution in [1.82, 2.24) is 15.0 Å². The van der Waals surface area contributed by atoms with Gasteiger partial charge >= 0.3 is 0 Å². The normalized spacial score (nSPS) is 18.1. The fraction of sp³-hybridized carbons (Fsp3) is 0.429. The second-order valence-corrected chi connectivity index (χ2v) is 7.06. The van der Waals surface area contributed by atoms with Gasteiger partial charge in [-0.25, -0.2) is 9.97 Å². The SMILES string of the molecule is Cc1ccc2c(c1)CCOC2CC(O)C(O)CO.Cc1ncnc2[nH]ccc12. The maximum Gasteiger partial charge on any atom is 0.140 e. The predicted molar refractivity (Wildman–Crippen MR) is 106 cm³/mol. The minimum Gasteiger partial charge on any atom is -0.394 e. The Morgan fingerprint density at radius 1 is 1.18 bits per heavy atom. The van der Waals surface area contributed by atoms with Crippen LogP contribution in [0.3, 0.4) is 0 Å². The Kier molecular flexibility index (Phi) is 6.74. The quantitative estimate of drug-likeness (QED) is 0.546. The maximum atomic E-state index is 9.76. The van der Waals surface area contributed by atoms with Gasteiger partial charge in [0.25, 0.3) is 0 Å². The lowest BCUT2D eigenvalue weighted by atomic mass is 9.92. The molecular weight excluding hydrogens is 358 g/mol. The van der Waals surface area contributed by atoms with Crippen molar-refractivity contribution in [3.05, 3.63) is 59.2 Å². The van der Waals surface area contributed by atoms with E-state index < -0.39 is 18.8 Å². The molecule has 0 fully saturated rings. The van der Waals surface area contributed by atoms with Gasteiger partial charge < -0.3 is 25.0 Å². The van der Waals surface area contributed by atoms with Gasteiger partial charge in [0.2, 0.25) is 0 Å². The number of H-pyrrole nitrogens is 1. The molecule has 0 aliphatic carbocycles. The summed E-state index contributed by atoms with van der Waals surface area (Å²) < 4.78 is 5.66. The molecule has 3 atom stereocenters. The number of hydrogen-bond acceptors (Lipinski definition) is 6. The third-order valence-corrected chi connectivity index (χ3v) is 4.98. The molecule has 1 aliphatic rings. The van der Waals surface area contributed by atoms with Crippen LogP contribution in [0.2, 0.25) is 0 Å². The number of fused-ring (bicyclic) bond motifs is 2. The second kappa shape index (κ2) is 9.25. The van der Waals surface area contributed by atoms with E-state index in [1.807, 2.05) is 31.3 Å². The van der Waals surface area contributed by atoms with E-state index in [2.05, 4.69) is 27.9 Å². The third-order valence-electron chi connectivity index (χ3n) is 4.98. The van der Waals surface area contributed by atoms with Crippen molar-refractivity contribution in [1.29, 1.82) is 0 Å². The first-order valence-corrected chi connectivity index (χ1v) is 9.42. The van der Waals surface area contributed by atoms with Crippen molar-refractivity contribution in [2.24, 2.45) is 0 Å². The van der Waals surface area contributed by atoms with Crippen LogP contribution in [-0.4, -0.2) is 55.7 Å². The Hall–Kier alpha value is -2.32. The number of aliphatic hydroxyl groups excluding tert-OH is 3.